The van der Waals surface area contributed by atoms with E-state index in [4.69, 9.17) is 9.47 Å². The van der Waals surface area contributed by atoms with Gasteiger partial charge in [-0.25, -0.2) is 0 Å². The number of benzene rings is 3. The van der Waals surface area contributed by atoms with E-state index < -0.39 is 0 Å². The Bertz CT molecular complexity index is 1010. The number of nitrogens with zero attached hydrogens (tertiary/aromatic N) is 1. The summed E-state index contributed by atoms with van der Waals surface area (Å²) in [6, 6.07) is 19.6. The molecule has 0 fully saturated rings. The molecular formula is C24H25NO3. The zero-order valence-electron chi connectivity index (χ0n) is 16.7. The molecule has 0 saturated heterocycles. The minimum atomic E-state index is -0.0288. The molecular weight excluding hydrogens is 350 g/mol. The van der Waals surface area contributed by atoms with Crippen LogP contribution in [0.3, 0.4) is 0 Å². The van der Waals surface area contributed by atoms with Crippen molar-refractivity contribution in [2.24, 2.45) is 0 Å². The highest BCUT2D eigenvalue weighted by Crippen LogP contribution is 2.33. The second-order valence-corrected chi connectivity index (χ2v) is 6.88. The number of ketones is 1. The molecule has 0 aliphatic heterocycles. The molecule has 0 spiro atoms. The molecule has 3 aromatic carbocycles. The number of hydrogen-bond donors (Lipinski definition) is 0. The van der Waals surface area contributed by atoms with Crippen molar-refractivity contribution in [1.29, 1.82) is 0 Å². The summed E-state index contributed by atoms with van der Waals surface area (Å²) in [5.74, 6) is 0.665. The monoisotopic (exact) mass is 375 g/mol. The summed E-state index contributed by atoms with van der Waals surface area (Å²) in [7, 11) is 5.62. The Kier molecular flexibility index (Phi) is 6.12. The minimum absolute atomic E-state index is 0.0288. The highest BCUT2D eigenvalue weighted by atomic mass is 16.7. The highest BCUT2D eigenvalue weighted by Gasteiger charge is 2.11. The predicted molar refractivity (Wildman–Crippen MR) is 115 cm³/mol. The van der Waals surface area contributed by atoms with Crippen LogP contribution in [0.4, 0.5) is 5.69 Å². The Morgan fingerprint density at radius 2 is 1.75 bits per heavy atom. The van der Waals surface area contributed by atoms with Crippen LogP contribution in [0.1, 0.15) is 22.8 Å². The van der Waals surface area contributed by atoms with E-state index in [0.29, 0.717) is 11.3 Å². The smallest absolute Gasteiger partial charge is 0.188 e. The fraction of sp³-hybridized carbons (Fsp3) is 0.208. The van der Waals surface area contributed by atoms with Gasteiger partial charge in [0.25, 0.3) is 0 Å². The molecule has 0 heterocycles. The summed E-state index contributed by atoms with van der Waals surface area (Å²) in [5, 5.41) is 2.16. The quantitative estimate of drug-likeness (QED) is 0.324. The van der Waals surface area contributed by atoms with E-state index in [1.54, 1.807) is 13.2 Å². The molecule has 0 saturated carbocycles. The number of ether oxygens (including phenoxy) is 2. The summed E-state index contributed by atoms with van der Waals surface area (Å²) < 4.78 is 10.9. The van der Waals surface area contributed by atoms with Crippen LogP contribution >= 0.6 is 0 Å². The van der Waals surface area contributed by atoms with Gasteiger partial charge in [-0.2, -0.15) is 0 Å². The van der Waals surface area contributed by atoms with Crippen molar-refractivity contribution in [2.75, 3.05) is 32.9 Å². The second kappa shape index (κ2) is 8.72. The standard InChI is InChI=1S/C24H25NO3/c1-17(12-23(26)18-8-6-5-7-9-18)22-14-19-10-11-21(25(2)3)13-20(19)15-24(22)28-16-27-4/h5-15H,16H2,1-4H3/b17-12-. The highest BCUT2D eigenvalue weighted by molar-refractivity contribution is 6.09. The van der Waals surface area contributed by atoms with E-state index in [1.807, 2.05) is 57.4 Å². The average molecular weight is 375 g/mol. The van der Waals surface area contributed by atoms with Crippen molar-refractivity contribution in [2.45, 2.75) is 6.92 Å². The first-order chi connectivity index (χ1) is 13.5. The maximum absolute atomic E-state index is 12.6. The van der Waals surface area contributed by atoms with E-state index >= 15 is 0 Å². The van der Waals surface area contributed by atoms with Gasteiger partial charge in [0.15, 0.2) is 12.6 Å². The zero-order chi connectivity index (χ0) is 20.1. The number of hydrogen-bond acceptors (Lipinski definition) is 4. The molecule has 0 aromatic heterocycles. The molecule has 3 aromatic rings. The summed E-state index contributed by atoms with van der Waals surface area (Å²) in [5.41, 5.74) is 3.51. The van der Waals surface area contributed by atoms with E-state index in [1.165, 1.54) is 0 Å². The van der Waals surface area contributed by atoms with Gasteiger partial charge in [-0.1, -0.05) is 36.4 Å². The summed E-state index contributed by atoms with van der Waals surface area (Å²) in [4.78, 5) is 14.7. The first-order valence-corrected chi connectivity index (χ1v) is 9.14. The lowest BCUT2D eigenvalue weighted by Crippen LogP contribution is -2.08. The van der Waals surface area contributed by atoms with Gasteiger partial charge >= 0.3 is 0 Å². The third-order valence-electron chi connectivity index (χ3n) is 4.60. The molecule has 4 nitrogen and oxygen atoms in total. The number of carbonyl (C=O) groups excluding carboxylic acids is 1. The van der Waals surface area contributed by atoms with Crippen LogP contribution < -0.4 is 9.64 Å². The van der Waals surface area contributed by atoms with Gasteiger partial charge in [0.2, 0.25) is 0 Å². The van der Waals surface area contributed by atoms with Crippen molar-refractivity contribution in [1.82, 2.24) is 0 Å². The van der Waals surface area contributed by atoms with Gasteiger partial charge in [-0.15, -0.1) is 0 Å². The van der Waals surface area contributed by atoms with Gasteiger partial charge < -0.3 is 14.4 Å². The number of fused-ring (bicyclic) bond motifs is 1. The Balaban J connectivity index is 2.05. The van der Waals surface area contributed by atoms with Gasteiger partial charge in [0, 0.05) is 38.0 Å². The first kappa shape index (κ1) is 19.6. The Morgan fingerprint density at radius 3 is 2.43 bits per heavy atom. The van der Waals surface area contributed by atoms with Gasteiger partial charge in [0.05, 0.1) is 0 Å². The van der Waals surface area contributed by atoms with Crippen LogP contribution in [-0.4, -0.2) is 33.8 Å². The van der Waals surface area contributed by atoms with Crippen LogP contribution in [-0.2, 0) is 4.74 Å². The molecule has 28 heavy (non-hydrogen) atoms. The molecule has 0 amide bonds. The van der Waals surface area contributed by atoms with E-state index in [2.05, 4.69) is 29.2 Å². The number of rotatable bonds is 7. The predicted octanol–water partition coefficient (Wildman–Crippen LogP) is 5.17. The van der Waals surface area contributed by atoms with Gasteiger partial charge in [-0.3, -0.25) is 4.79 Å². The molecule has 0 N–H and O–H groups in total. The number of allylic oxidation sites excluding steroid dienone is 2. The van der Waals surface area contributed by atoms with E-state index in [-0.39, 0.29) is 12.6 Å². The molecule has 0 aliphatic carbocycles. The number of anilines is 1. The van der Waals surface area contributed by atoms with Crippen molar-refractivity contribution in [3.8, 4) is 5.75 Å². The van der Waals surface area contributed by atoms with Crippen LogP contribution in [0.2, 0.25) is 0 Å². The molecule has 0 unspecified atom stereocenters. The molecule has 0 radical (unpaired) electrons. The molecule has 0 aliphatic rings. The maximum atomic E-state index is 12.6. The molecule has 3 rings (SSSR count). The topological polar surface area (TPSA) is 38.8 Å². The second-order valence-electron chi connectivity index (χ2n) is 6.88. The molecule has 0 atom stereocenters. The first-order valence-electron chi connectivity index (χ1n) is 9.14. The summed E-state index contributed by atoms with van der Waals surface area (Å²) in [6.07, 6.45) is 1.66. The lowest BCUT2D eigenvalue weighted by Gasteiger charge is -2.16. The summed E-state index contributed by atoms with van der Waals surface area (Å²) in [6.45, 7) is 2.07. The van der Waals surface area contributed by atoms with Crippen molar-refractivity contribution in [3.63, 3.8) is 0 Å². The molecule has 0 bridgehead atoms. The fourth-order valence-electron chi connectivity index (χ4n) is 3.05. The van der Waals surface area contributed by atoms with Crippen LogP contribution in [0, 0.1) is 0 Å². The lowest BCUT2D eigenvalue weighted by molar-refractivity contribution is 0.0510. The molecule has 4 heteroatoms. The van der Waals surface area contributed by atoms with Crippen molar-refractivity contribution >= 4 is 27.8 Å². The van der Waals surface area contributed by atoms with Crippen LogP contribution in [0.5, 0.6) is 5.75 Å². The van der Waals surface area contributed by atoms with Crippen molar-refractivity contribution < 1.29 is 14.3 Å². The fourth-order valence-corrected chi connectivity index (χ4v) is 3.05. The average Bonchev–Trinajstić information content (AvgIpc) is 2.71. The number of methoxy groups -OCH3 is 1. The summed E-state index contributed by atoms with van der Waals surface area (Å²) >= 11 is 0. The zero-order valence-corrected chi connectivity index (χ0v) is 16.7. The van der Waals surface area contributed by atoms with Crippen LogP contribution in [0.25, 0.3) is 16.3 Å². The minimum Gasteiger partial charge on any atom is -0.467 e. The van der Waals surface area contributed by atoms with Crippen LogP contribution in [0.15, 0.2) is 66.7 Å². The lowest BCUT2D eigenvalue weighted by atomic mass is 9.98. The number of carbonyl (C=O) groups is 1. The Morgan fingerprint density at radius 1 is 1.00 bits per heavy atom. The Hall–Kier alpha value is -3.11. The Labute approximate surface area is 166 Å². The maximum Gasteiger partial charge on any atom is 0.188 e. The van der Waals surface area contributed by atoms with E-state index in [0.717, 1.165) is 27.6 Å². The van der Waals surface area contributed by atoms with E-state index in [9.17, 15) is 4.79 Å². The normalized spacial score (nSPS) is 11.5. The van der Waals surface area contributed by atoms with Gasteiger partial charge in [0.1, 0.15) is 5.75 Å². The van der Waals surface area contributed by atoms with Gasteiger partial charge in [-0.05, 0) is 53.6 Å². The molecule has 144 valence electrons. The third-order valence-corrected chi connectivity index (χ3v) is 4.60. The third kappa shape index (κ3) is 4.41. The van der Waals surface area contributed by atoms with Crippen molar-refractivity contribution in [3.05, 3.63) is 77.9 Å². The largest absolute Gasteiger partial charge is 0.467 e. The SMILES string of the molecule is COCOc1cc2cc(N(C)C)ccc2cc1/C(C)=C\C(=O)c1ccccc1.